The Morgan fingerprint density at radius 1 is 1.56 bits per heavy atom. The molecule has 0 heterocycles. The highest BCUT2D eigenvalue weighted by molar-refractivity contribution is 7.80. The molecule has 0 saturated heterocycles. The first-order chi connectivity index (χ1) is 3.95. The Morgan fingerprint density at radius 3 is 2.11 bits per heavy atom. The van der Waals surface area contributed by atoms with Crippen LogP contribution >= 0.6 is 0 Å². The van der Waals surface area contributed by atoms with E-state index in [0.29, 0.717) is 0 Å². The van der Waals surface area contributed by atoms with E-state index >= 15 is 0 Å². The van der Waals surface area contributed by atoms with Gasteiger partial charge in [0.1, 0.15) is 0 Å². The van der Waals surface area contributed by atoms with Gasteiger partial charge in [-0.15, -0.1) is 0 Å². The van der Waals surface area contributed by atoms with Gasteiger partial charge in [0.05, 0.1) is 0 Å². The molecule has 1 unspecified atom stereocenters. The highest BCUT2D eigenvalue weighted by Crippen LogP contribution is 1.88. The summed E-state index contributed by atoms with van der Waals surface area (Å²) >= 11 is 0. The van der Waals surface area contributed by atoms with Crippen LogP contribution in [0.3, 0.4) is 0 Å². The van der Waals surface area contributed by atoms with Gasteiger partial charge in [-0.05, 0) is 0 Å². The molecule has 0 spiro atoms. The SMILES string of the molecule is O=CC(O)OS(=O)(=O)O. The Hall–Kier alpha value is -0.500. The van der Waals surface area contributed by atoms with Crippen molar-refractivity contribution >= 4 is 16.7 Å². The molecule has 0 aromatic heterocycles. The van der Waals surface area contributed by atoms with Crippen LogP contribution in [0.4, 0.5) is 0 Å². The standard InChI is InChI=1S/C2H4O6S/c3-1-2(4)8-9(5,6)7/h1-2,4H,(H,5,6,7). The first kappa shape index (κ1) is 8.50. The van der Waals surface area contributed by atoms with E-state index in [1.807, 2.05) is 0 Å². The van der Waals surface area contributed by atoms with Crippen molar-refractivity contribution in [1.29, 1.82) is 0 Å². The minimum Gasteiger partial charge on any atom is -0.361 e. The third-order valence-corrected chi connectivity index (χ3v) is 0.777. The van der Waals surface area contributed by atoms with Crippen molar-refractivity contribution in [2.24, 2.45) is 0 Å². The molecule has 0 aliphatic heterocycles. The number of hydrogen-bond acceptors (Lipinski definition) is 5. The largest absolute Gasteiger partial charge is 0.400 e. The van der Waals surface area contributed by atoms with Crippen LogP contribution in [-0.4, -0.2) is 30.7 Å². The molecule has 2 N–H and O–H groups in total. The van der Waals surface area contributed by atoms with Gasteiger partial charge in [0.15, 0.2) is 6.29 Å². The van der Waals surface area contributed by atoms with Gasteiger partial charge in [0.25, 0.3) is 0 Å². The van der Waals surface area contributed by atoms with Gasteiger partial charge in [-0.2, -0.15) is 8.42 Å². The molecule has 0 bridgehead atoms. The van der Waals surface area contributed by atoms with Crippen molar-refractivity contribution in [2.75, 3.05) is 0 Å². The Kier molecular flexibility index (Phi) is 2.71. The van der Waals surface area contributed by atoms with Crippen LogP contribution in [0.15, 0.2) is 0 Å². The summed E-state index contributed by atoms with van der Waals surface area (Å²) in [5.74, 6) is 0. The van der Waals surface area contributed by atoms with Crippen LogP contribution < -0.4 is 0 Å². The lowest BCUT2D eigenvalue weighted by Crippen LogP contribution is -2.17. The van der Waals surface area contributed by atoms with Crippen LogP contribution in [0.25, 0.3) is 0 Å². The van der Waals surface area contributed by atoms with E-state index in [9.17, 15) is 13.2 Å². The number of aliphatic hydroxyl groups excluding tert-OH is 1. The van der Waals surface area contributed by atoms with Crippen LogP contribution in [0, 0.1) is 0 Å². The summed E-state index contributed by atoms with van der Waals surface area (Å²) in [6.07, 6.45) is -2.31. The second-order valence-electron chi connectivity index (χ2n) is 1.05. The van der Waals surface area contributed by atoms with Crippen molar-refractivity contribution in [3.63, 3.8) is 0 Å². The van der Waals surface area contributed by atoms with E-state index in [0.717, 1.165) is 0 Å². The second-order valence-corrected chi connectivity index (χ2v) is 2.10. The van der Waals surface area contributed by atoms with E-state index in [2.05, 4.69) is 4.18 Å². The number of rotatable bonds is 3. The van der Waals surface area contributed by atoms with Gasteiger partial charge in [-0.25, -0.2) is 4.18 Å². The average Bonchev–Trinajstić information content (AvgIpc) is 1.62. The number of aliphatic hydroxyl groups is 1. The summed E-state index contributed by atoms with van der Waals surface area (Å²) < 4.78 is 30.3. The van der Waals surface area contributed by atoms with Gasteiger partial charge in [0, 0.05) is 0 Å². The predicted octanol–water partition coefficient (Wildman–Crippen LogP) is -1.68. The zero-order valence-corrected chi connectivity index (χ0v) is 4.91. The zero-order valence-electron chi connectivity index (χ0n) is 4.09. The fraction of sp³-hybridized carbons (Fsp3) is 0.500. The van der Waals surface area contributed by atoms with Crippen molar-refractivity contribution in [3.8, 4) is 0 Å². The first-order valence-corrected chi connectivity index (χ1v) is 3.11. The molecule has 0 aliphatic carbocycles. The monoisotopic (exact) mass is 156 g/mol. The summed E-state index contributed by atoms with van der Waals surface area (Å²) in [4.78, 5) is 9.43. The van der Waals surface area contributed by atoms with Gasteiger partial charge in [0.2, 0.25) is 6.29 Å². The molecule has 0 rings (SSSR count). The normalized spacial score (nSPS) is 14.9. The van der Waals surface area contributed by atoms with E-state index in [1.54, 1.807) is 0 Å². The number of hydrogen-bond donors (Lipinski definition) is 2. The summed E-state index contributed by atoms with van der Waals surface area (Å²) in [5.41, 5.74) is 0. The van der Waals surface area contributed by atoms with E-state index in [4.69, 9.17) is 9.66 Å². The van der Waals surface area contributed by atoms with E-state index < -0.39 is 16.7 Å². The maximum absolute atomic E-state index is 9.62. The quantitative estimate of drug-likeness (QED) is 0.287. The fourth-order valence-corrected chi connectivity index (χ4v) is 0.442. The number of carbonyl (C=O) groups excluding carboxylic acids is 1. The summed E-state index contributed by atoms with van der Waals surface area (Å²) in [5, 5.41) is 8.06. The highest BCUT2D eigenvalue weighted by atomic mass is 32.3. The maximum Gasteiger partial charge on any atom is 0.400 e. The molecular weight excluding hydrogens is 152 g/mol. The smallest absolute Gasteiger partial charge is 0.361 e. The van der Waals surface area contributed by atoms with E-state index in [1.165, 1.54) is 0 Å². The van der Waals surface area contributed by atoms with Gasteiger partial charge < -0.3 is 5.11 Å². The minimum absolute atomic E-state index is 0.187. The van der Waals surface area contributed by atoms with E-state index in [-0.39, 0.29) is 6.29 Å². The van der Waals surface area contributed by atoms with Crippen LogP contribution in [0.2, 0.25) is 0 Å². The Balaban J connectivity index is 3.89. The maximum atomic E-state index is 9.62. The van der Waals surface area contributed by atoms with Crippen molar-refractivity contribution in [3.05, 3.63) is 0 Å². The third-order valence-electron chi connectivity index (χ3n) is 0.337. The van der Waals surface area contributed by atoms with Crippen molar-refractivity contribution in [1.82, 2.24) is 0 Å². The lowest BCUT2D eigenvalue weighted by Gasteiger charge is -1.97. The third kappa shape index (κ3) is 5.37. The molecule has 9 heavy (non-hydrogen) atoms. The first-order valence-electron chi connectivity index (χ1n) is 1.75. The van der Waals surface area contributed by atoms with Gasteiger partial charge in [-0.1, -0.05) is 0 Å². The summed E-state index contributed by atoms with van der Waals surface area (Å²) in [6, 6.07) is 0. The van der Waals surface area contributed by atoms with Crippen LogP contribution in [0.1, 0.15) is 0 Å². The lowest BCUT2D eigenvalue weighted by molar-refractivity contribution is -0.127. The molecule has 1 atom stereocenters. The molecule has 0 aromatic rings. The van der Waals surface area contributed by atoms with Crippen LogP contribution in [0.5, 0.6) is 0 Å². The van der Waals surface area contributed by atoms with Crippen molar-refractivity contribution < 1.29 is 27.1 Å². The Morgan fingerprint density at radius 2 is 2.00 bits per heavy atom. The van der Waals surface area contributed by atoms with Gasteiger partial charge >= 0.3 is 10.4 Å². The lowest BCUT2D eigenvalue weighted by atomic mass is 10.8. The van der Waals surface area contributed by atoms with Gasteiger partial charge in [-0.3, -0.25) is 9.35 Å². The summed E-state index contributed by atoms with van der Waals surface area (Å²) in [6.45, 7) is 0. The molecule has 0 aromatic carbocycles. The molecule has 0 fully saturated rings. The number of carbonyl (C=O) groups is 1. The molecule has 54 valence electrons. The molecule has 0 saturated carbocycles. The molecule has 6 nitrogen and oxygen atoms in total. The fourth-order valence-electron chi connectivity index (χ4n) is 0.147. The Bertz CT molecular complexity index is 179. The topological polar surface area (TPSA) is 101 Å². The molecule has 0 amide bonds. The summed E-state index contributed by atoms with van der Waals surface area (Å²) in [7, 11) is -4.72. The molecular formula is C2H4O6S. The Labute approximate surface area is 51.0 Å². The average molecular weight is 156 g/mol. The minimum atomic E-state index is -4.72. The zero-order chi connectivity index (χ0) is 7.49. The predicted molar refractivity (Wildman–Crippen MR) is 24.7 cm³/mol. The molecule has 0 radical (unpaired) electrons. The van der Waals surface area contributed by atoms with Crippen LogP contribution in [-0.2, 0) is 19.4 Å². The number of aldehydes is 1. The highest BCUT2D eigenvalue weighted by Gasteiger charge is 2.11. The second kappa shape index (κ2) is 2.87. The molecule has 7 heteroatoms. The van der Waals surface area contributed by atoms with Crippen molar-refractivity contribution in [2.45, 2.75) is 6.29 Å². The molecule has 0 aliphatic rings.